The van der Waals surface area contributed by atoms with Crippen LogP contribution in [-0.2, 0) is 11.2 Å². The van der Waals surface area contributed by atoms with Crippen LogP contribution in [0.15, 0.2) is 54.6 Å². The topological polar surface area (TPSA) is 55.6 Å². The molecule has 0 spiro atoms. The molecule has 0 radical (unpaired) electrons. The molecule has 2 aromatic carbocycles. The molecule has 3 rings (SSSR count). The molecule has 0 bridgehead atoms. The molecule has 1 saturated heterocycles. The van der Waals surface area contributed by atoms with Gasteiger partial charge in [-0.05, 0) is 42.0 Å². The average Bonchev–Trinajstić information content (AvgIpc) is 3.13. The Bertz CT molecular complexity index is 753. The minimum Gasteiger partial charge on any atom is -0.496 e. The van der Waals surface area contributed by atoms with Gasteiger partial charge in [0.05, 0.1) is 7.11 Å². The van der Waals surface area contributed by atoms with E-state index >= 15 is 0 Å². The Morgan fingerprint density at radius 2 is 1.82 bits per heavy atom. The summed E-state index contributed by atoms with van der Waals surface area (Å²) in [5.41, 5.74) is 8.45. The van der Waals surface area contributed by atoms with Gasteiger partial charge in [-0.15, -0.1) is 12.4 Å². The lowest BCUT2D eigenvalue weighted by atomic mass is 9.89. The normalized spacial score (nSPS) is 19.8. The van der Waals surface area contributed by atoms with Crippen molar-refractivity contribution in [3.63, 3.8) is 0 Å². The molecule has 152 valence electrons. The van der Waals surface area contributed by atoms with Crippen LogP contribution in [0.5, 0.6) is 5.75 Å². The Balaban J connectivity index is 0.00000280. The van der Waals surface area contributed by atoms with Crippen LogP contribution in [0.25, 0.3) is 0 Å². The van der Waals surface area contributed by atoms with Gasteiger partial charge in [-0.1, -0.05) is 55.5 Å². The Morgan fingerprint density at radius 1 is 1.14 bits per heavy atom. The molecule has 1 aliphatic heterocycles. The van der Waals surface area contributed by atoms with Crippen LogP contribution < -0.4 is 10.5 Å². The van der Waals surface area contributed by atoms with E-state index in [4.69, 9.17) is 10.5 Å². The number of nitrogens with two attached hydrogens (primary N) is 1. The molecule has 3 atom stereocenters. The first kappa shape index (κ1) is 22.3. The van der Waals surface area contributed by atoms with Gasteiger partial charge in [0.2, 0.25) is 5.91 Å². The second kappa shape index (κ2) is 10.5. The number of carbonyl (C=O) groups is 1. The standard InChI is InChI=1S/C23H30N2O2.ClH/c1-17(12-19-10-6-7-11-22(19)27-2)13-23(26)25-15-20(14-24)21(16-25)18-8-4-3-5-9-18;/h3-11,17,20-21H,12-16,24H2,1-2H3;1H/t17?,20-,21+;/m1./s1. The number of rotatable bonds is 7. The quantitative estimate of drug-likeness (QED) is 0.764. The number of nitrogens with zero attached hydrogens (tertiary/aromatic N) is 1. The lowest BCUT2D eigenvalue weighted by molar-refractivity contribution is -0.131. The van der Waals surface area contributed by atoms with Crippen molar-refractivity contribution in [3.8, 4) is 5.75 Å². The highest BCUT2D eigenvalue weighted by Gasteiger charge is 2.35. The summed E-state index contributed by atoms with van der Waals surface area (Å²) in [7, 11) is 1.69. The first-order valence-electron chi connectivity index (χ1n) is 9.77. The minimum atomic E-state index is 0. The van der Waals surface area contributed by atoms with E-state index in [2.05, 4.69) is 37.3 Å². The molecule has 0 aliphatic carbocycles. The number of ether oxygens (including phenoxy) is 1. The monoisotopic (exact) mass is 402 g/mol. The molecular weight excluding hydrogens is 372 g/mol. The summed E-state index contributed by atoms with van der Waals surface area (Å²) in [4.78, 5) is 14.9. The van der Waals surface area contributed by atoms with Crippen molar-refractivity contribution < 1.29 is 9.53 Å². The van der Waals surface area contributed by atoms with E-state index in [1.165, 1.54) is 5.56 Å². The summed E-state index contributed by atoms with van der Waals surface area (Å²) in [6.07, 6.45) is 1.39. The van der Waals surface area contributed by atoms with Gasteiger partial charge in [0.1, 0.15) is 5.75 Å². The predicted octanol–water partition coefficient (Wildman–Crippen LogP) is 3.89. The average molecular weight is 403 g/mol. The van der Waals surface area contributed by atoms with Crippen LogP contribution in [0.3, 0.4) is 0 Å². The molecule has 1 heterocycles. The minimum absolute atomic E-state index is 0. The zero-order valence-corrected chi connectivity index (χ0v) is 17.5. The van der Waals surface area contributed by atoms with E-state index in [9.17, 15) is 4.79 Å². The van der Waals surface area contributed by atoms with Crippen LogP contribution in [-0.4, -0.2) is 37.6 Å². The Hall–Kier alpha value is -2.04. The van der Waals surface area contributed by atoms with Crippen molar-refractivity contribution in [2.75, 3.05) is 26.7 Å². The lowest BCUT2D eigenvalue weighted by Crippen LogP contribution is -2.31. The molecule has 1 fully saturated rings. The van der Waals surface area contributed by atoms with Crippen molar-refractivity contribution >= 4 is 18.3 Å². The summed E-state index contributed by atoms with van der Waals surface area (Å²) < 4.78 is 5.43. The van der Waals surface area contributed by atoms with Crippen LogP contribution in [0, 0.1) is 11.8 Å². The number of para-hydroxylation sites is 1. The van der Waals surface area contributed by atoms with Gasteiger partial charge in [-0.25, -0.2) is 0 Å². The fourth-order valence-corrected chi connectivity index (χ4v) is 4.14. The number of hydrogen-bond acceptors (Lipinski definition) is 3. The summed E-state index contributed by atoms with van der Waals surface area (Å²) in [5, 5.41) is 0. The van der Waals surface area contributed by atoms with Crippen molar-refractivity contribution in [3.05, 3.63) is 65.7 Å². The third kappa shape index (κ3) is 5.27. The van der Waals surface area contributed by atoms with Crippen LogP contribution in [0.1, 0.15) is 30.4 Å². The van der Waals surface area contributed by atoms with Gasteiger partial charge in [0, 0.05) is 25.4 Å². The molecule has 1 aliphatic rings. The van der Waals surface area contributed by atoms with E-state index in [0.29, 0.717) is 24.8 Å². The Morgan fingerprint density at radius 3 is 2.50 bits per heavy atom. The molecule has 1 amide bonds. The van der Waals surface area contributed by atoms with E-state index in [0.717, 1.165) is 30.8 Å². The van der Waals surface area contributed by atoms with Gasteiger partial charge in [-0.2, -0.15) is 0 Å². The molecule has 1 unspecified atom stereocenters. The number of likely N-dealkylation sites (tertiary alicyclic amines) is 1. The number of benzene rings is 2. The Labute approximate surface area is 174 Å². The lowest BCUT2D eigenvalue weighted by Gasteiger charge is -2.20. The molecular formula is C23H31ClN2O2. The molecule has 28 heavy (non-hydrogen) atoms. The van der Waals surface area contributed by atoms with Crippen LogP contribution in [0.4, 0.5) is 0 Å². The highest BCUT2D eigenvalue weighted by atomic mass is 35.5. The first-order chi connectivity index (χ1) is 13.1. The fourth-order valence-electron chi connectivity index (χ4n) is 4.14. The largest absolute Gasteiger partial charge is 0.496 e. The van der Waals surface area contributed by atoms with Crippen molar-refractivity contribution in [1.29, 1.82) is 0 Å². The number of methoxy groups -OCH3 is 1. The summed E-state index contributed by atoms with van der Waals surface area (Å²) in [5.74, 6) is 2.06. The molecule has 0 saturated carbocycles. The fraction of sp³-hybridized carbons (Fsp3) is 0.435. The van der Waals surface area contributed by atoms with E-state index < -0.39 is 0 Å². The highest BCUT2D eigenvalue weighted by Crippen LogP contribution is 2.33. The Kier molecular flexibility index (Phi) is 8.34. The summed E-state index contributed by atoms with van der Waals surface area (Å²) >= 11 is 0. The van der Waals surface area contributed by atoms with Gasteiger partial charge in [0.15, 0.2) is 0 Å². The van der Waals surface area contributed by atoms with E-state index in [-0.39, 0.29) is 24.2 Å². The number of halogens is 1. The molecule has 0 aromatic heterocycles. The smallest absolute Gasteiger partial charge is 0.222 e. The third-order valence-electron chi connectivity index (χ3n) is 5.61. The van der Waals surface area contributed by atoms with Crippen LogP contribution in [0.2, 0.25) is 0 Å². The second-order valence-electron chi connectivity index (χ2n) is 7.64. The zero-order chi connectivity index (χ0) is 19.2. The zero-order valence-electron chi connectivity index (χ0n) is 16.7. The summed E-state index contributed by atoms with van der Waals surface area (Å²) in [6, 6.07) is 18.5. The van der Waals surface area contributed by atoms with Crippen molar-refractivity contribution in [1.82, 2.24) is 4.90 Å². The van der Waals surface area contributed by atoms with E-state index in [1.807, 2.05) is 29.2 Å². The molecule has 2 aromatic rings. The maximum absolute atomic E-state index is 12.9. The predicted molar refractivity (Wildman–Crippen MR) is 116 cm³/mol. The maximum atomic E-state index is 12.9. The van der Waals surface area contributed by atoms with Crippen molar-refractivity contribution in [2.24, 2.45) is 17.6 Å². The number of carbonyl (C=O) groups excluding carboxylic acids is 1. The number of amides is 1. The van der Waals surface area contributed by atoms with Gasteiger partial charge >= 0.3 is 0 Å². The van der Waals surface area contributed by atoms with Crippen LogP contribution >= 0.6 is 12.4 Å². The van der Waals surface area contributed by atoms with Crippen molar-refractivity contribution in [2.45, 2.75) is 25.7 Å². The second-order valence-corrected chi connectivity index (χ2v) is 7.64. The van der Waals surface area contributed by atoms with Gasteiger partial charge in [-0.3, -0.25) is 4.79 Å². The maximum Gasteiger partial charge on any atom is 0.222 e. The van der Waals surface area contributed by atoms with Gasteiger partial charge in [0.25, 0.3) is 0 Å². The SMILES string of the molecule is COc1ccccc1CC(C)CC(=O)N1C[C@@H](CN)[C@H](c2ccccc2)C1.Cl. The van der Waals surface area contributed by atoms with E-state index in [1.54, 1.807) is 7.11 Å². The number of hydrogen-bond donors (Lipinski definition) is 1. The molecule has 5 heteroatoms. The third-order valence-corrected chi connectivity index (χ3v) is 5.61. The van der Waals surface area contributed by atoms with Gasteiger partial charge < -0.3 is 15.4 Å². The first-order valence-corrected chi connectivity index (χ1v) is 9.77. The molecule has 4 nitrogen and oxygen atoms in total. The summed E-state index contributed by atoms with van der Waals surface area (Å²) in [6.45, 7) is 4.28. The highest BCUT2D eigenvalue weighted by molar-refractivity contribution is 5.85. The molecule has 2 N–H and O–H groups in total.